The third-order valence-corrected chi connectivity index (χ3v) is 2.75. The predicted molar refractivity (Wildman–Crippen MR) is 63.6 cm³/mol. The zero-order valence-corrected chi connectivity index (χ0v) is 10.2. The van der Waals surface area contributed by atoms with Gasteiger partial charge in [-0.15, -0.1) is 0 Å². The lowest BCUT2D eigenvalue weighted by Gasteiger charge is -2.11. The second kappa shape index (κ2) is 4.87. The first-order valence-corrected chi connectivity index (χ1v) is 5.58. The van der Waals surface area contributed by atoms with Gasteiger partial charge in [0, 0.05) is 12.1 Å². The Bertz CT molecular complexity index is 796. The molecule has 1 aromatic carbocycles. The Balaban J connectivity index is 2.90. The van der Waals surface area contributed by atoms with Crippen molar-refractivity contribution in [2.45, 2.75) is 13.3 Å². The van der Waals surface area contributed by atoms with E-state index >= 15 is 0 Å². The lowest BCUT2D eigenvalue weighted by atomic mass is 10.2. The molecule has 2 rings (SSSR count). The summed E-state index contributed by atoms with van der Waals surface area (Å²) in [7, 11) is 0. The van der Waals surface area contributed by atoms with Gasteiger partial charge in [-0.2, -0.15) is 0 Å². The van der Waals surface area contributed by atoms with Crippen molar-refractivity contribution < 1.29 is 18.3 Å². The van der Waals surface area contributed by atoms with Crippen LogP contribution in [0.25, 0.3) is 5.69 Å². The van der Waals surface area contributed by atoms with Crippen molar-refractivity contribution in [1.29, 1.82) is 0 Å². The molecule has 0 fully saturated rings. The molecule has 106 valence electrons. The molecule has 0 saturated carbocycles. The van der Waals surface area contributed by atoms with Gasteiger partial charge in [-0.05, 0) is 6.42 Å². The van der Waals surface area contributed by atoms with Crippen molar-refractivity contribution in [1.82, 2.24) is 9.55 Å². The number of nitrogens with zero attached hydrogens (tertiary/aromatic N) is 1. The predicted octanol–water partition coefficient (Wildman–Crippen LogP) is 1.21. The molecule has 0 unspecified atom stereocenters. The number of hydrogen-bond acceptors (Lipinski definition) is 3. The van der Waals surface area contributed by atoms with Crippen LogP contribution in [0.2, 0.25) is 0 Å². The molecule has 1 heterocycles. The summed E-state index contributed by atoms with van der Waals surface area (Å²) in [5, 5.41) is 9.84. The van der Waals surface area contributed by atoms with Crippen LogP contribution in [0.1, 0.15) is 12.5 Å². The molecule has 0 aliphatic heterocycles. The van der Waals surface area contributed by atoms with E-state index in [-0.39, 0.29) is 12.0 Å². The van der Waals surface area contributed by atoms with Crippen LogP contribution < -0.4 is 11.2 Å². The molecule has 1 aromatic heterocycles. The Morgan fingerprint density at radius 1 is 1.25 bits per heavy atom. The highest BCUT2D eigenvalue weighted by Gasteiger charge is 2.19. The quantitative estimate of drug-likeness (QED) is 0.815. The second-order valence-electron chi connectivity index (χ2n) is 3.97. The van der Waals surface area contributed by atoms with Crippen molar-refractivity contribution in [3.63, 3.8) is 0 Å². The van der Waals surface area contributed by atoms with Crippen LogP contribution in [0.5, 0.6) is 5.88 Å². The van der Waals surface area contributed by atoms with Gasteiger partial charge in [-0.3, -0.25) is 9.78 Å². The average molecular weight is 286 g/mol. The van der Waals surface area contributed by atoms with Crippen LogP contribution in [0.4, 0.5) is 13.2 Å². The van der Waals surface area contributed by atoms with Crippen molar-refractivity contribution in [2.75, 3.05) is 0 Å². The summed E-state index contributed by atoms with van der Waals surface area (Å²) in [5.41, 5.74) is -3.07. The van der Waals surface area contributed by atoms with E-state index in [1.165, 1.54) is 6.92 Å². The highest BCUT2D eigenvalue weighted by Crippen LogP contribution is 2.22. The van der Waals surface area contributed by atoms with Crippen LogP contribution in [-0.4, -0.2) is 14.7 Å². The number of H-pyrrole nitrogens is 1. The molecule has 8 heteroatoms. The lowest BCUT2D eigenvalue weighted by molar-refractivity contribution is 0.416. The van der Waals surface area contributed by atoms with Gasteiger partial charge in [-0.25, -0.2) is 22.5 Å². The van der Waals surface area contributed by atoms with Crippen LogP contribution in [-0.2, 0) is 6.42 Å². The first-order chi connectivity index (χ1) is 9.36. The third kappa shape index (κ3) is 2.09. The minimum absolute atomic E-state index is 0.0425. The first kappa shape index (κ1) is 13.9. The highest BCUT2D eigenvalue weighted by atomic mass is 19.2. The van der Waals surface area contributed by atoms with E-state index in [2.05, 4.69) is 0 Å². The standard InChI is InChI=1S/C12H9F3N2O3/c1-2-6-10(18)16-12(20)17(11(6)19)8-4-5(13)3-7(14)9(8)15/h3-4,19H,2H2,1H3,(H,16,18,20). The zero-order chi connectivity index (χ0) is 15.0. The van der Waals surface area contributed by atoms with Crippen LogP contribution >= 0.6 is 0 Å². The summed E-state index contributed by atoms with van der Waals surface area (Å²) in [5.74, 6) is -5.02. The molecule has 0 aliphatic rings. The number of rotatable bonds is 2. The molecule has 0 bridgehead atoms. The summed E-state index contributed by atoms with van der Waals surface area (Å²) in [6.07, 6.45) is 0.0425. The third-order valence-electron chi connectivity index (χ3n) is 2.75. The van der Waals surface area contributed by atoms with Gasteiger partial charge >= 0.3 is 5.69 Å². The van der Waals surface area contributed by atoms with E-state index < -0.39 is 40.3 Å². The number of aromatic amines is 1. The van der Waals surface area contributed by atoms with E-state index in [0.29, 0.717) is 16.7 Å². The molecule has 0 spiro atoms. The molecule has 0 radical (unpaired) electrons. The van der Waals surface area contributed by atoms with E-state index in [4.69, 9.17) is 0 Å². The summed E-state index contributed by atoms with van der Waals surface area (Å²) >= 11 is 0. The SMILES string of the molecule is CCc1c(O)n(-c2cc(F)cc(F)c2F)c(=O)[nH]c1=O. The molecule has 5 nitrogen and oxygen atoms in total. The maximum Gasteiger partial charge on any atom is 0.335 e. The van der Waals surface area contributed by atoms with E-state index in [1.807, 2.05) is 4.98 Å². The molecule has 2 N–H and O–H groups in total. The second-order valence-corrected chi connectivity index (χ2v) is 3.97. The van der Waals surface area contributed by atoms with Gasteiger partial charge in [0.25, 0.3) is 5.56 Å². The summed E-state index contributed by atoms with van der Waals surface area (Å²) in [6, 6.07) is 0.838. The van der Waals surface area contributed by atoms with Gasteiger partial charge in [0.1, 0.15) is 5.82 Å². The molecule has 0 atom stereocenters. The fourth-order valence-electron chi connectivity index (χ4n) is 1.81. The summed E-state index contributed by atoms with van der Waals surface area (Å²) in [4.78, 5) is 24.9. The smallest absolute Gasteiger partial charge is 0.335 e. The maximum atomic E-state index is 13.7. The van der Waals surface area contributed by atoms with E-state index in [0.717, 1.165) is 0 Å². The largest absolute Gasteiger partial charge is 0.494 e. The van der Waals surface area contributed by atoms with Gasteiger partial charge in [0.2, 0.25) is 5.88 Å². The topological polar surface area (TPSA) is 75.1 Å². The first-order valence-electron chi connectivity index (χ1n) is 5.58. The lowest BCUT2D eigenvalue weighted by Crippen LogP contribution is -2.31. The molecule has 2 aromatic rings. The maximum absolute atomic E-state index is 13.7. The fraction of sp³-hybridized carbons (Fsp3) is 0.167. The summed E-state index contributed by atoms with van der Waals surface area (Å²) < 4.78 is 40.3. The Morgan fingerprint density at radius 2 is 1.90 bits per heavy atom. The molecule has 20 heavy (non-hydrogen) atoms. The van der Waals surface area contributed by atoms with Gasteiger partial charge in [0.05, 0.1) is 11.3 Å². The van der Waals surface area contributed by atoms with Crippen LogP contribution in [0, 0.1) is 17.5 Å². The van der Waals surface area contributed by atoms with Crippen LogP contribution in [0.15, 0.2) is 21.7 Å². The number of benzene rings is 1. The van der Waals surface area contributed by atoms with E-state index in [1.54, 1.807) is 0 Å². The number of halogens is 3. The van der Waals surface area contributed by atoms with Crippen LogP contribution in [0.3, 0.4) is 0 Å². The fourth-order valence-corrected chi connectivity index (χ4v) is 1.81. The monoisotopic (exact) mass is 286 g/mol. The Labute approximate surface area is 109 Å². The normalized spacial score (nSPS) is 10.8. The summed E-state index contributed by atoms with van der Waals surface area (Å²) in [6.45, 7) is 1.52. The van der Waals surface area contributed by atoms with Crippen molar-refractivity contribution in [2.24, 2.45) is 0 Å². The molecule has 0 amide bonds. The van der Waals surface area contributed by atoms with Gasteiger partial charge < -0.3 is 5.11 Å². The van der Waals surface area contributed by atoms with Gasteiger partial charge in [0.15, 0.2) is 11.6 Å². The van der Waals surface area contributed by atoms with Gasteiger partial charge in [-0.1, -0.05) is 6.92 Å². The van der Waals surface area contributed by atoms with Crippen molar-refractivity contribution in [3.8, 4) is 11.6 Å². The highest BCUT2D eigenvalue weighted by molar-refractivity contribution is 5.40. The Kier molecular flexibility index (Phi) is 3.39. The minimum atomic E-state index is -1.52. The number of nitrogens with one attached hydrogen (secondary N) is 1. The zero-order valence-electron chi connectivity index (χ0n) is 10.2. The van der Waals surface area contributed by atoms with Crippen molar-refractivity contribution in [3.05, 3.63) is 56.0 Å². The number of aromatic nitrogens is 2. The average Bonchev–Trinajstić information content (AvgIpc) is 2.35. The Hall–Kier alpha value is -2.51. The molecular weight excluding hydrogens is 277 g/mol. The number of hydrogen-bond donors (Lipinski definition) is 2. The van der Waals surface area contributed by atoms with E-state index in [9.17, 15) is 27.9 Å². The Morgan fingerprint density at radius 3 is 2.50 bits per heavy atom. The number of aromatic hydroxyl groups is 1. The molecular formula is C12H9F3N2O3. The molecule has 0 saturated heterocycles. The van der Waals surface area contributed by atoms with Crippen molar-refractivity contribution >= 4 is 0 Å². The molecule has 0 aliphatic carbocycles. The minimum Gasteiger partial charge on any atom is -0.494 e.